The molecule has 122 valence electrons. The van der Waals surface area contributed by atoms with Crippen molar-refractivity contribution in [3.8, 4) is 11.8 Å². The van der Waals surface area contributed by atoms with Crippen molar-refractivity contribution in [3.63, 3.8) is 0 Å². The number of carbonyl (C=O) groups excluding carboxylic acids is 1. The summed E-state index contributed by atoms with van der Waals surface area (Å²) in [5.74, 6) is 0.712. The molecule has 1 fully saturated rings. The zero-order valence-electron chi connectivity index (χ0n) is 13.3. The van der Waals surface area contributed by atoms with Crippen molar-refractivity contribution >= 4 is 5.91 Å². The fraction of sp³-hybridized carbons (Fsp3) is 0.529. The zero-order valence-corrected chi connectivity index (χ0v) is 13.3. The first-order chi connectivity index (χ1) is 11.0. The second-order valence-corrected chi connectivity index (χ2v) is 6.42. The van der Waals surface area contributed by atoms with Crippen LogP contribution in [0.4, 0.5) is 0 Å². The number of carbonyl (C=O) groups is 1. The lowest BCUT2D eigenvalue weighted by molar-refractivity contribution is -0.168. The zero-order chi connectivity index (χ0) is 16.6. The van der Waals surface area contributed by atoms with Gasteiger partial charge in [0.05, 0.1) is 17.7 Å². The molecular weight excluding hydrogens is 296 g/mol. The lowest BCUT2D eigenvalue weighted by atomic mass is 9.85. The van der Waals surface area contributed by atoms with Crippen LogP contribution in [0.3, 0.4) is 0 Å². The number of amides is 1. The first-order valence-electron chi connectivity index (χ1n) is 7.73. The number of fused-ring (bicyclic) bond motifs is 1. The third kappa shape index (κ3) is 2.67. The summed E-state index contributed by atoms with van der Waals surface area (Å²) < 4.78 is 11.6. The molecule has 6 nitrogen and oxygen atoms in total. The number of aliphatic hydroxyl groups is 1. The molecule has 2 atom stereocenters. The molecule has 1 aromatic rings. The number of nitriles is 1. The maximum Gasteiger partial charge on any atom is 0.223 e. The highest BCUT2D eigenvalue weighted by atomic mass is 16.6. The molecule has 23 heavy (non-hydrogen) atoms. The molecular formula is C17H20N2O4. The fourth-order valence-corrected chi connectivity index (χ4v) is 3.49. The molecule has 6 heteroatoms. The number of nitrogens with zero attached hydrogens (tertiary/aromatic N) is 2. The van der Waals surface area contributed by atoms with Crippen LogP contribution in [0.15, 0.2) is 18.2 Å². The molecule has 0 aromatic heterocycles. The number of ether oxygens (including phenoxy) is 2. The highest BCUT2D eigenvalue weighted by Gasteiger charge is 2.49. The summed E-state index contributed by atoms with van der Waals surface area (Å²) in [6.45, 7) is 3.94. The average molecular weight is 316 g/mol. The number of hydrogen-bond acceptors (Lipinski definition) is 5. The Balaban J connectivity index is 2.13. The fourth-order valence-electron chi connectivity index (χ4n) is 3.49. The maximum atomic E-state index is 12.3. The topological polar surface area (TPSA) is 82.8 Å². The van der Waals surface area contributed by atoms with Crippen LogP contribution in [-0.4, -0.2) is 41.0 Å². The van der Waals surface area contributed by atoms with Crippen molar-refractivity contribution in [2.75, 3.05) is 13.3 Å². The average Bonchev–Trinajstić information content (AvgIpc) is 2.93. The molecule has 0 aliphatic carbocycles. The number of likely N-dealkylation sites (tertiary alicyclic amines) is 1. The Kier molecular flexibility index (Phi) is 4.00. The van der Waals surface area contributed by atoms with Crippen LogP contribution in [0.5, 0.6) is 5.75 Å². The predicted molar refractivity (Wildman–Crippen MR) is 81.5 cm³/mol. The van der Waals surface area contributed by atoms with Gasteiger partial charge in [-0.1, -0.05) is 0 Å². The van der Waals surface area contributed by atoms with E-state index in [2.05, 4.69) is 6.07 Å². The van der Waals surface area contributed by atoms with E-state index in [1.165, 1.54) is 0 Å². The summed E-state index contributed by atoms with van der Waals surface area (Å²) in [6.07, 6.45) is 0.795. The van der Waals surface area contributed by atoms with Crippen molar-refractivity contribution < 1.29 is 19.4 Å². The van der Waals surface area contributed by atoms with Crippen LogP contribution in [0, 0.1) is 11.3 Å². The van der Waals surface area contributed by atoms with Crippen LogP contribution in [0.25, 0.3) is 0 Å². The van der Waals surface area contributed by atoms with Crippen LogP contribution < -0.4 is 4.74 Å². The molecule has 2 aliphatic heterocycles. The Hall–Kier alpha value is -2.10. The molecule has 0 radical (unpaired) electrons. The first-order valence-corrected chi connectivity index (χ1v) is 7.73. The quantitative estimate of drug-likeness (QED) is 0.859. The lowest BCUT2D eigenvalue weighted by Crippen LogP contribution is -2.55. The van der Waals surface area contributed by atoms with Gasteiger partial charge < -0.3 is 19.5 Å². The number of rotatable bonds is 3. The van der Waals surface area contributed by atoms with Gasteiger partial charge in [0.15, 0.2) is 0 Å². The molecule has 0 unspecified atom stereocenters. The predicted octanol–water partition coefficient (Wildman–Crippen LogP) is 1.73. The van der Waals surface area contributed by atoms with Crippen molar-refractivity contribution in [1.82, 2.24) is 4.90 Å². The van der Waals surface area contributed by atoms with E-state index in [1.54, 1.807) is 23.1 Å². The van der Waals surface area contributed by atoms with Gasteiger partial charge in [-0.3, -0.25) is 4.79 Å². The highest BCUT2D eigenvalue weighted by Crippen LogP contribution is 2.45. The molecule has 1 aromatic carbocycles. The Bertz CT molecular complexity index is 665. The van der Waals surface area contributed by atoms with Crippen LogP contribution in [-0.2, 0) is 9.53 Å². The molecule has 3 rings (SSSR count). The van der Waals surface area contributed by atoms with E-state index >= 15 is 0 Å². The van der Waals surface area contributed by atoms with Crippen LogP contribution >= 0.6 is 0 Å². The van der Waals surface area contributed by atoms with Gasteiger partial charge in [-0.05, 0) is 38.5 Å². The highest BCUT2D eigenvalue weighted by molar-refractivity contribution is 5.79. The number of aliphatic hydroxyl groups excluding tert-OH is 1. The largest absolute Gasteiger partial charge is 0.485 e. The summed E-state index contributed by atoms with van der Waals surface area (Å²) in [7, 11) is 0. The maximum absolute atomic E-state index is 12.3. The van der Waals surface area contributed by atoms with Gasteiger partial charge in [-0.2, -0.15) is 5.26 Å². The van der Waals surface area contributed by atoms with E-state index in [1.807, 2.05) is 13.8 Å². The van der Waals surface area contributed by atoms with Crippen molar-refractivity contribution in [3.05, 3.63) is 29.3 Å². The third-order valence-electron chi connectivity index (χ3n) is 4.50. The smallest absolute Gasteiger partial charge is 0.223 e. The second kappa shape index (κ2) is 5.84. The van der Waals surface area contributed by atoms with E-state index in [4.69, 9.17) is 9.47 Å². The Morgan fingerprint density at radius 2 is 2.30 bits per heavy atom. The van der Waals surface area contributed by atoms with Gasteiger partial charge in [0.2, 0.25) is 5.91 Å². The summed E-state index contributed by atoms with van der Waals surface area (Å²) in [6, 6.07) is 6.95. The van der Waals surface area contributed by atoms with Crippen molar-refractivity contribution in [1.29, 1.82) is 5.26 Å². The molecule has 2 aliphatic rings. The first kappa shape index (κ1) is 15.8. The van der Waals surface area contributed by atoms with E-state index in [0.29, 0.717) is 24.3 Å². The molecule has 1 amide bonds. The molecule has 0 spiro atoms. The molecule has 1 N–H and O–H groups in total. The SMILES string of the molecule is CC1(C)Oc2ccc(C#N)cc2[C@H](N2CCCC2=O)[C@@H]1OCO. The molecule has 2 heterocycles. The van der Waals surface area contributed by atoms with Gasteiger partial charge in [-0.15, -0.1) is 0 Å². The van der Waals surface area contributed by atoms with E-state index in [0.717, 1.165) is 12.0 Å². The van der Waals surface area contributed by atoms with Crippen molar-refractivity contribution in [2.45, 2.75) is 44.4 Å². The Morgan fingerprint density at radius 1 is 1.52 bits per heavy atom. The van der Waals surface area contributed by atoms with Crippen molar-refractivity contribution in [2.24, 2.45) is 0 Å². The number of benzene rings is 1. The van der Waals surface area contributed by atoms with Crippen LogP contribution in [0.2, 0.25) is 0 Å². The van der Waals surface area contributed by atoms with Gasteiger partial charge in [-0.25, -0.2) is 0 Å². The minimum atomic E-state index is -0.711. The van der Waals surface area contributed by atoms with Crippen LogP contribution in [0.1, 0.15) is 43.9 Å². The second-order valence-electron chi connectivity index (χ2n) is 6.42. The normalized spacial score (nSPS) is 25.7. The molecule has 0 saturated carbocycles. The minimum absolute atomic E-state index is 0.0625. The van der Waals surface area contributed by atoms with Gasteiger partial charge in [0.1, 0.15) is 24.2 Å². The van der Waals surface area contributed by atoms with Gasteiger partial charge >= 0.3 is 0 Å². The number of hydrogen-bond donors (Lipinski definition) is 1. The summed E-state index contributed by atoms with van der Waals surface area (Å²) in [5.41, 5.74) is 0.556. The van der Waals surface area contributed by atoms with E-state index < -0.39 is 18.5 Å². The summed E-state index contributed by atoms with van der Waals surface area (Å²) >= 11 is 0. The third-order valence-corrected chi connectivity index (χ3v) is 4.50. The summed E-state index contributed by atoms with van der Waals surface area (Å²) in [4.78, 5) is 14.1. The monoisotopic (exact) mass is 316 g/mol. The minimum Gasteiger partial charge on any atom is -0.485 e. The standard InChI is InChI=1S/C17H20N2O4/c1-17(2)16(22-10-20)15(19-7-3-4-14(19)21)12-8-11(9-18)5-6-13(12)23-17/h5-6,8,15-16,20H,3-4,7,10H2,1-2H3/t15-,16-/m0/s1. The van der Waals surface area contributed by atoms with Gasteiger partial charge in [0.25, 0.3) is 0 Å². The Morgan fingerprint density at radius 3 is 2.91 bits per heavy atom. The van der Waals surface area contributed by atoms with E-state index in [-0.39, 0.29) is 11.9 Å². The van der Waals surface area contributed by atoms with E-state index in [9.17, 15) is 15.2 Å². The summed E-state index contributed by atoms with van der Waals surface area (Å²) in [5, 5.41) is 18.5. The van der Waals surface area contributed by atoms with Gasteiger partial charge in [0, 0.05) is 18.5 Å². The Labute approximate surface area is 135 Å². The lowest BCUT2D eigenvalue weighted by Gasteiger charge is -2.47. The molecule has 0 bridgehead atoms. The molecule has 1 saturated heterocycles.